The van der Waals surface area contributed by atoms with Gasteiger partial charge in [0.25, 0.3) is 0 Å². The van der Waals surface area contributed by atoms with Crippen LogP contribution in [0.25, 0.3) is 0 Å². The summed E-state index contributed by atoms with van der Waals surface area (Å²) in [4.78, 5) is 75.4. The number of guanidine groups is 1. The van der Waals surface area contributed by atoms with Crippen LogP contribution in [0.2, 0.25) is 0 Å². The Kier molecular flexibility index (Phi) is 12.6. The summed E-state index contributed by atoms with van der Waals surface area (Å²) >= 11 is 0. The summed E-state index contributed by atoms with van der Waals surface area (Å²) in [6.45, 7) is 0.694. The Bertz CT molecular complexity index is 854. The number of nitrogens with two attached hydrogens (primary N) is 2. The Balaban J connectivity index is 2.91. The van der Waals surface area contributed by atoms with Crippen LogP contribution in [0.15, 0.2) is 4.99 Å². The van der Waals surface area contributed by atoms with E-state index in [1.54, 1.807) is 0 Å². The summed E-state index contributed by atoms with van der Waals surface area (Å²) in [5, 5.41) is 37.2. The van der Waals surface area contributed by atoms with Crippen molar-refractivity contribution >= 4 is 41.6 Å². The normalized spacial score (nSPS) is 17.2. The van der Waals surface area contributed by atoms with E-state index in [1.807, 2.05) is 0 Å². The molecular weight excluding hydrogens is 482 g/mol. The number of carbonyl (C=O) groups excluding carboxylic acids is 3. The van der Waals surface area contributed by atoms with E-state index in [0.29, 0.717) is 13.0 Å². The van der Waals surface area contributed by atoms with E-state index in [2.05, 4.69) is 26.3 Å². The Labute approximate surface area is 206 Å². The van der Waals surface area contributed by atoms with Gasteiger partial charge in [-0.3, -0.25) is 29.0 Å². The van der Waals surface area contributed by atoms with Gasteiger partial charge in [0.05, 0.1) is 12.5 Å². The molecule has 0 aliphatic carbocycles. The Morgan fingerprint density at radius 3 is 2.06 bits per heavy atom. The van der Waals surface area contributed by atoms with Gasteiger partial charge in [0.15, 0.2) is 5.96 Å². The van der Waals surface area contributed by atoms with Crippen LogP contribution >= 0.6 is 0 Å². The lowest BCUT2D eigenvalue weighted by Crippen LogP contribution is -2.57. The second-order valence-corrected chi connectivity index (χ2v) is 8.15. The topological polar surface area (TPSA) is 276 Å². The van der Waals surface area contributed by atoms with Crippen LogP contribution in [0.3, 0.4) is 0 Å². The van der Waals surface area contributed by atoms with Crippen molar-refractivity contribution in [3.63, 3.8) is 0 Å². The molecule has 0 saturated carbocycles. The average molecular weight is 516 g/mol. The number of carboxylic acid groups (broad SMARTS) is 3. The van der Waals surface area contributed by atoms with Crippen LogP contribution in [0.5, 0.6) is 0 Å². The Morgan fingerprint density at radius 1 is 0.889 bits per heavy atom. The lowest BCUT2D eigenvalue weighted by Gasteiger charge is -2.24. The van der Waals surface area contributed by atoms with Crippen LogP contribution in [0.1, 0.15) is 44.9 Å². The number of nitrogens with one attached hydrogen (secondary N) is 4. The molecule has 1 heterocycles. The van der Waals surface area contributed by atoms with Gasteiger partial charge in [0, 0.05) is 13.0 Å². The van der Waals surface area contributed by atoms with Crippen molar-refractivity contribution in [2.45, 2.75) is 69.1 Å². The third-order valence-electron chi connectivity index (χ3n) is 5.23. The highest BCUT2D eigenvalue weighted by molar-refractivity contribution is 5.95. The predicted octanol–water partition coefficient (Wildman–Crippen LogP) is -3.33. The summed E-state index contributed by atoms with van der Waals surface area (Å²) < 4.78 is 0. The molecule has 1 aliphatic rings. The smallest absolute Gasteiger partial charge is 0.326 e. The molecular formula is C20H33N7O9. The zero-order valence-electron chi connectivity index (χ0n) is 19.6. The Morgan fingerprint density at radius 2 is 1.53 bits per heavy atom. The number of aliphatic carboxylic acids is 3. The number of nitrogens with zero attached hydrogens (tertiary/aromatic N) is 1. The summed E-state index contributed by atoms with van der Waals surface area (Å²) in [6, 6.07) is -5.05. The van der Waals surface area contributed by atoms with Gasteiger partial charge >= 0.3 is 17.9 Å². The lowest BCUT2D eigenvalue weighted by atomic mass is 10.1. The van der Waals surface area contributed by atoms with Gasteiger partial charge < -0.3 is 48.1 Å². The van der Waals surface area contributed by atoms with Crippen LogP contribution in [0, 0.1) is 0 Å². The quantitative estimate of drug-likeness (QED) is 0.0554. The predicted molar refractivity (Wildman–Crippen MR) is 123 cm³/mol. The molecule has 1 saturated heterocycles. The number of hydrogen-bond acceptors (Lipinski definition) is 8. The number of aliphatic imine (C=N–C) groups is 1. The molecule has 0 aromatic heterocycles. The van der Waals surface area contributed by atoms with Crippen molar-refractivity contribution in [1.82, 2.24) is 21.3 Å². The minimum atomic E-state index is -1.69. The third kappa shape index (κ3) is 11.5. The maximum Gasteiger partial charge on any atom is 0.326 e. The van der Waals surface area contributed by atoms with E-state index < -0.39 is 72.6 Å². The van der Waals surface area contributed by atoms with Gasteiger partial charge in [-0.1, -0.05) is 0 Å². The number of hydrogen-bond donors (Lipinski definition) is 9. The average Bonchev–Trinajstić information content (AvgIpc) is 3.32. The van der Waals surface area contributed by atoms with Crippen molar-refractivity contribution in [2.24, 2.45) is 16.5 Å². The monoisotopic (exact) mass is 515 g/mol. The number of amides is 3. The van der Waals surface area contributed by atoms with Crippen LogP contribution < -0.4 is 32.7 Å². The molecule has 0 radical (unpaired) electrons. The fourth-order valence-electron chi connectivity index (χ4n) is 3.41. The molecule has 1 rings (SSSR count). The van der Waals surface area contributed by atoms with E-state index in [0.717, 1.165) is 6.42 Å². The van der Waals surface area contributed by atoms with Crippen LogP contribution in [0.4, 0.5) is 0 Å². The van der Waals surface area contributed by atoms with Gasteiger partial charge in [-0.2, -0.15) is 0 Å². The van der Waals surface area contributed by atoms with E-state index in [-0.39, 0.29) is 31.8 Å². The molecule has 1 aliphatic heterocycles. The molecule has 3 amide bonds. The van der Waals surface area contributed by atoms with E-state index >= 15 is 0 Å². The van der Waals surface area contributed by atoms with Crippen molar-refractivity contribution in [2.75, 3.05) is 13.1 Å². The number of carboxylic acids is 3. The van der Waals surface area contributed by atoms with Gasteiger partial charge in [0.1, 0.15) is 18.1 Å². The first-order valence-electron chi connectivity index (χ1n) is 11.3. The van der Waals surface area contributed by atoms with E-state index in [9.17, 15) is 39.0 Å². The first kappa shape index (κ1) is 30.1. The van der Waals surface area contributed by atoms with Gasteiger partial charge in [-0.25, -0.2) is 4.79 Å². The molecule has 4 unspecified atom stereocenters. The molecule has 0 spiro atoms. The largest absolute Gasteiger partial charge is 0.481 e. The summed E-state index contributed by atoms with van der Waals surface area (Å²) in [5.74, 6) is -6.89. The molecule has 0 aromatic carbocycles. The highest BCUT2D eigenvalue weighted by Crippen LogP contribution is 2.08. The molecule has 36 heavy (non-hydrogen) atoms. The molecule has 0 bridgehead atoms. The molecule has 1 fully saturated rings. The first-order chi connectivity index (χ1) is 16.9. The molecule has 4 atom stereocenters. The van der Waals surface area contributed by atoms with E-state index in [1.165, 1.54) is 0 Å². The molecule has 11 N–H and O–H groups in total. The SMILES string of the molecule is NC(N)=NCCCC(NC(=O)C(CC(=O)O)NC(=O)C(CCC(=O)O)NC(=O)C1CCCN1)C(=O)O. The van der Waals surface area contributed by atoms with Crippen LogP contribution in [-0.2, 0) is 28.8 Å². The second-order valence-electron chi connectivity index (χ2n) is 8.15. The third-order valence-corrected chi connectivity index (χ3v) is 5.23. The lowest BCUT2D eigenvalue weighted by molar-refractivity contribution is -0.143. The van der Waals surface area contributed by atoms with Crippen molar-refractivity contribution in [1.29, 1.82) is 0 Å². The molecule has 202 valence electrons. The zero-order chi connectivity index (χ0) is 27.3. The minimum absolute atomic E-state index is 0.0860. The standard InChI is InChI=1S/C20H33N7O9/c21-20(22)24-8-2-4-12(19(35)36)26-18(34)13(9-15(30)31)27-17(33)11(5-6-14(28)29)25-16(32)10-3-1-7-23-10/h10-13,23H,1-9H2,(H,25,32)(H,26,34)(H,27,33)(H,28,29)(H,30,31)(H,35,36)(H4,21,22,24). The van der Waals surface area contributed by atoms with Crippen molar-refractivity contribution in [3.05, 3.63) is 0 Å². The fourth-order valence-corrected chi connectivity index (χ4v) is 3.41. The molecule has 0 aromatic rings. The van der Waals surface area contributed by atoms with Gasteiger partial charge in [0.2, 0.25) is 17.7 Å². The maximum absolute atomic E-state index is 12.8. The number of rotatable bonds is 16. The van der Waals surface area contributed by atoms with Crippen molar-refractivity contribution < 1.29 is 44.1 Å². The Hall–Kier alpha value is -3.95. The minimum Gasteiger partial charge on any atom is -0.481 e. The summed E-state index contributed by atoms with van der Waals surface area (Å²) in [7, 11) is 0. The summed E-state index contributed by atoms with van der Waals surface area (Å²) in [6.07, 6.45) is -0.334. The first-order valence-corrected chi connectivity index (χ1v) is 11.3. The molecule has 16 nitrogen and oxygen atoms in total. The number of carbonyl (C=O) groups is 6. The van der Waals surface area contributed by atoms with E-state index in [4.69, 9.17) is 16.6 Å². The maximum atomic E-state index is 12.8. The van der Waals surface area contributed by atoms with Crippen LogP contribution in [-0.4, -0.2) is 94.2 Å². The van der Waals surface area contributed by atoms with Gasteiger partial charge in [-0.05, 0) is 38.6 Å². The summed E-state index contributed by atoms with van der Waals surface area (Å²) in [5.41, 5.74) is 10.4. The fraction of sp³-hybridized carbons (Fsp3) is 0.650. The molecule has 16 heteroatoms. The van der Waals surface area contributed by atoms with Crippen molar-refractivity contribution in [3.8, 4) is 0 Å². The highest BCUT2D eigenvalue weighted by Gasteiger charge is 2.32. The highest BCUT2D eigenvalue weighted by atomic mass is 16.4. The van der Waals surface area contributed by atoms with Gasteiger partial charge in [-0.15, -0.1) is 0 Å². The zero-order valence-corrected chi connectivity index (χ0v) is 19.6. The second kappa shape index (κ2) is 15.1.